The van der Waals surface area contributed by atoms with Gasteiger partial charge in [0.15, 0.2) is 0 Å². The van der Waals surface area contributed by atoms with Crippen molar-refractivity contribution in [1.82, 2.24) is 5.32 Å². The monoisotopic (exact) mass is 239 g/mol. The molecular formula is C11H14BrN. The van der Waals surface area contributed by atoms with Crippen LogP contribution in [0, 0.1) is 0 Å². The second-order valence-corrected chi connectivity index (χ2v) is 4.50. The van der Waals surface area contributed by atoms with Gasteiger partial charge in [-0.3, -0.25) is 0 Å². The van der Waals surface area contributed by atoms with Gasteiger partial charge in [-0.05, 0) is 55.1 Å². The van der Waals surface area contributed by atoms with Gasteiger partial charge in [-0.15, -0.1) is 0 Å². The second kappa shape index (κ2) is 3.81. The van der Waals surface area contributed by atoms with Crippen molar-refractivity contribution in [3.63, 3.8) is 0 Å². The molecule has 0 aliphatic heterocycles. The molecule has 1 aliphatic carbocycles. The lowest BCUT2D eigenvalue weighted by atomic mass is 10.0. The molecule has 1 aromatic carbocycles. The van der Waals surface area contributed by atoms with Crippen molar-refractivity contribution in [2.75, 3.05) is 7.05 Å². The molecule has 0 saturated carbocycles. The van der Waals surface area contributed by atoms with E-state index >= 15 is 0 Å². The predicted molar refractivity (Wildman–Crippen MR) is 58.9 cm³/mol. The molecule has 1 aliphatic rings. The topological polar surface area (TPSA) is 12.0 Å². The maximum atomic E-state index is 3.56. The minimum atomic E-state index is 0.988. The lowest BCUT2D eigenvalue weighted by molar-refractivity contribution is 0.803. The average molecular weight is 240 g/mol. The molecule has 0 spiro atoms. The van der Waals surface area contributed by atoms with E-state index in [1.165, 1.54) is 29.3 Å². The number of benzene rings is 1. The zero-order chi connectivity index (χ0) is 9.26. The lowest BCUT2D eigenvalue weighted by Crippen LogP contribution is -2.07. The summed E-state index contributed by atoms with van der Waals surface area (Å²) in [6, 6.07) is 4.50. The van der Waals surface area contributed by atoms with Crippen LogP contribution in [0.4, 0.5) is 0 Å². The third-order valence-electron chi connectivity index (χ3n) is 2.64. The molecule has 0 aromatic heterocycles. The van der Waals surface area contributed by atoms with Gasteiger partial charge in [0.1, 0.15) is 0 Å². The van der Waals surface area contributed by atoms with E-state index in [2.05, 4.69) is 33.4 Å². The summed E-state index contributed by atoms with van der Waals surface area (Å²) in [5, 5.41) is 3.22. The Morgan fingerprint density at radius 2 is 2.23 bits per heavy atom. The van der Waals surface area contributed by atoms with Crippen LogP contribution in [-0.4, -0.2) is 7.05 Å². The summed E-state index contributed by atoms with van der Waals surface area (Å²) < 4.78 is 1.22. The van der Waals surface area contributed by atoms with Gasteiger partial charge < -0.3 is 5.32 Å². The van der Waals surface area contributed by atoms with Gasteiger partial charge in [0, 0.05) is 11.0 Å². The highest BCUT2D eigenvalue weighted by molar-refractivity contribution is 9.10. The summed E-state index contributed by atoms with van der Waals surface area (Å²) >= 11 is 3.56. The highest BCUT2D eigenvalue weighted by Crippen LogP contribution is 2.28. The number of fused-ring (bicyclic) bond motifs is 1. The highest BCUT2D eigenvalue weighted by Gasteiger charge is 2.14. The van der Waals surface area contributed by atoms with Gasteiger partial charge in [-0.1, -0.05) is 15.9 Å². The number of aryl methyl sites for hydroxylation is 1. The maximum Gasteiger partial charge on any atom is 0.0205 e. The van der Waals surface area contributed by atoms with Crippen molar-refractivity contribution in [2.45, 2.75) is 25.8 Å². The Hall–Kier alpha value is -0.340. The van der Waals surface area contributed by atoms with Gasteiger partial charge in [-0.2, -0.15) is 0 Å². The summed E-state index contributed by atoms with van der Waals surface area (Å²) in [6.07, 6.45) is 3.84. The van der Waals surface area contributed by atoms with Crippen molar-refractivity contribution in [1.29, 1.82) is 0 Å². The first-order valence-corrected chi connectivity index (χ1v) is 5.55. The van der Waals surface area contributed by atoms with Crippen LogP contribution in [0.3, 0.4) is 0 Å². The minimum Gasteiger partial charge on any atom is -0.316 e. The van der Waals surface area contributed by atoms with Gasteiger partial charge in [-0.25, -0.2) is 0 Å². The molecule has 0 heterocycles. The molecule has 0 atom stereocenters. The van der Waals surface area contributed by atoms with Crippen LogP contribution in [0.2, 0.25) is 0 Å². The second-order valence-electron chi connectivity index (χ2n) is 3.59. The molecule has 1 aromatic rings. The van der Waals surface area contributed by atoms with Crippen LogP contribution in [0.1, 0.15) is 23.1 Å². The number of halogens is 1. The fourth-order valence-electron chi connectivity index (χ4n) is 2.10. The van der Waals surface area contributed by atoms with Crippen LogP contribution in [-0.2, 0) is 19.4 Å². The molecule has 2 rings (SSSR count). The molecule has 1 N–H and O–H groups in total. The Kier molecular flexibility index (Phi) is 2.70. The quantitative estimate of drug-likeness (QED) is 0.837. The van der Waals surface area contributed by atoms with E-state index < -0.39 is 0 Å². The normalized spacial score (nSPS) is 14.6. The van der Waals surface area contributed by atoms with E-state index in [4.69, 9.17) is 0 Å². The smallest absolute Gasteiger partial charge is 0.0205 e. The van der Waals surface area contributed by atoms with Crippen LogP contribution in [0.25, 0.3) is 0 Å². The molecule has 0 radical (unpaired) electrons. The number of nitrogens with one attached hydrogen (secondary N) is 1. The molecule has 0 fully saturated rings. The third-order valence-corrected chi connectivity index (χ3v) is 3.10. The summed E-state index contributed by atoms with van der Waals surface area (Å²) in [4.78, 5) is 0. The SMILES string of the molecule is CNCc1cc(Br)cc2c1CCC2. The van der Waals surface area contributed by atoms with Crippen molar-refractivity contribution in [3.05, 3.63) is 33.3 Å². The number of hydrogen-bond acceptors (Lipinski definition) is 1. The predicted octanol–water partition coefficient (Wildman–Crippen LogP) is 2.66. The number of rotatable bonds is 2. The fourth-order valence-corrected chi connectivity index (χ4v) is 2.66. The first-order chi connectivity index (χ1) is 6.31. The Morgan fingerprint density at radius 3 is 3.00 bits per heavy atom. The molecule has 70 valence electrons. The average Bonchev–Trinajstić information content (AvgIpc) is 2.52. The first-order valence-electron chi connectivity index (χ1n) is 4.76. The van der Waals surface area contributed by atoms with Crippen molar-refractivity contribution >= 4 is 15.9 Å². The fraction of sp³-hybridized carbons (Fsp3) is 0.455. The standard InChI is InChI=1S/C11H14BrN/c1-13-7-9-6-10(12)5-8-3-2-4-11(8)9/h5-6,13H,2-4,7H2,1H3. The first kappa shape index (κ1) is 9.22. The highest BCUT2D eigenvalue weighted by atomic mass is 79.9. The number of hydrogen-bond donors (Lipinski definition) is 1. The summed E-state index contributed by atoms with van der Waals surface area (Å²) in [6.45, 7) is 0.988. The minimum absolute atomic E-state index is 0.988. The van der Waals surface area contributed by atoms with Crippen molar-refractivity contribution < 1.29 is 0 Å². The zero-order valence-corrected chi connectivity index (χ0v) is 9.45. The molecule has 2 heteroatoms. The molecule has 0 amide bonds. The maximum absolute atomic E-state index is 3.56. The molecule has 13 heavy (non-hydrogen) atoms. The molecule has 1 nitrogen and oxygen atoms in total. The van der Waals surface area contributed by atoms with E-state index in [0.29, 0.717) is 0 Å². The van der Waals surface area contributed by atoms with Crippen molar-refractivity contribution in [3.8, 4) is 0 Å². The summed E-state index contributed by atoms with van der Waals surface area (Å²) in [5.41, 5.74) is 4.58. The Balaban J connectivity index is 2.43. The molecule has 0 saturated heterocycles. The molecule has 0 bridgehead atoms. The Morgan fingerprint density at radius 1 is 1.38 bits per heavy atom. The summed E-state index contributed by atoms with van der Waals surface area (Å²) in [7, 11) is 2.00. The van der Waals surface area contributed by atoms with Gasteiger partial charge in [0.25, 0.3) is 0 Å². The van der Waals surface area contributed by atoms with Crippen LogP contribution >= 0.6 is 15.9 Å². The lowest BCUT2D eigenvalue weighted by Gasteiger charge is -2.08. The van der Waals surface area contributed by atoms with E-state index in [-0.39, 0.29) is 0 Å². The van der Waals surface area contributed by atoms with Crippen LogP contribution in [0.5, 0.6) is 0 Å². The molecule has 0 unspecified atom stereocenters. The van der Waals surface area contributed by atoms with E-state index in [0.717, 1.165) is 6.54 Å². The Bertz CT molecular complexity index is 320. The molecular weight excluding hydrogens is 226 g/mol. The van der Waals surface area contributed by atoms with E-state index in [9.17, 15) is 0 Å². The Labute approximate surface area is 87.7 Å². The van der Waals surface area contributed by atoms with Crippen molar-refractivity contribution in [2.24, 2.45) is 0 Å². The van der Waals surface area contributed by atoms with Gasteiger partial charge >= 0.3 is 0 Å². The van der Waals surface area contributed by atoms with Gasteiger partial charge in [0.2, 0.25) is 0 Å². The largest absolute Gasteiger partial charge is 0.316 e. The van der Waals surface area contributed by atoms with E-state index in [1.807, 2.05) is 7.05 Å². The zero-order valence-electron chi connectivity index (χ0n) is 7.86. The van der Waals surface area contributed by atoms with Crippen LogP contribution < -0.4 is 5.32 Å². The van der Waals surface area contributed by atoms with Crippen LogP contribution in [0.15, 0.2) is 16.6 Å². The van der Waals surface area contributed by atoms with E-state index in [1.54, 1.807) is 11.1 Å². The van der Waals surface area contributed by atoms with Gasteiger partial charge in [0.05, 0.1) is 0 Å². The summed E-state index contributed by atoms with van der Waals surface area (Å²) in [5.74, 6) is 0. The third kappa shape index (κ3) is 1.79.